The highest BCUT2D eigenvalue weighted by molar-refractivity contribution is 7.87. The summed E-state index contributed by atoms with van der Waals surface area (Å²) in [6, 6.07) is -0.805. The first-order valence-corrected chi connectivity index (χ1v) is 6.03. The summed E-state index contributed by atoms with van der Waals surface area (Å²) < 4.78 is 26.7. The Bertz CT molecular complexity index is 257. The molecule has 3 N–H and O–H groups in total. The van der Waals surface area contributed by atoms with E-state index in [-0.39, 0.29) is 0 Å². The van der Waals surface area contributed by atoms with Gasteiger partial charge >= 0.3 is 0 Å². The predicted octanol–water partition coefficient (Wildman–Crippen LogP) is -1.73. The standard InChI is InChI=1S/C7H16N2O4S/c10-5-7(6-11)8-14(12,13)9-3-1-2-4-9/h7-8,10-11H,1-6H2. The fourth-order valence-corrected chi connectivity index (χ4v) is 2.80. The highest BCUT2D eigenvalue weighted by Crippen LogP contribution is 2.11. The molecule has 0 saturated carbocycles. The lowest BCUT2D eigenvalue weighted by molar-refractivity contribution is 0.183. The molecule has 0 spiro atoms. The number of rotatable bonds is 5. The van der Waals surface area contributed by atoms with Crippen molar-refractivity contribution < 1.29 is 18.6 Å². The van der Waals surface area contributed by atoms with Crippen LogP contribution in [0.4, 0.5) is 0 Å². The van der Waals surface area contributed by atoms with E-state index < -0.39 is 29.5 Å². The van der Waals surface area contributed by atoms with E-state index in [1.807, 2.05) is 0 Å². The molecule has 14 heavy (non-hydrogen) atoms. The molecular weight excluding hydrogens is 208 g/mol. The minimum Gasteiger partial charge on any atom is -0.395 e. The molecule has 1 rings (SSSR count). The Kier molecular flexibility index (Phi) is 4.27. The second kappa shape index (κ2) is 5.04. The zero-order valence-corrected chi connectivity index (χ0v) is 8.70. The normalized spacial score (nSPS) is 19.4. The number of nitrogens with zero attached hydrogens (tertiary/aromatic N) is 1. The van der Waals surface area contributed by atoms with Gasteiger partial charge in [-0.05, 0) is 12.8 Å². The van der Waals surface area contributed by atoms with E-state index in [1.54, 1.807) is 0 Å². The molecule has 1 aliphatic heterocycles. The van der Waals surface area contributed by atoms with E-state index in [1.165, 1.54) is 4.31 Å². The molecule has 0 aliphatic carbocycles. The van der Waals surface area contributed by atoms with E-state index in [9.17, 15) is 8.42 Å². The summed E-state index contributed by atoms with van der Waals surface area (Å²) in [6.45, 7) is 0.227. The van der Waals surface area contributed by atoms with Crippen LogP contribution in [0.2, 0.25) is 0 Å². The molecule has 0 aromatic heterocycles. The molecule has 0 aromatic rings. The van der Waals surface area contributed by atoms with Crippen LogP contribution in [-0.4, -0.2) is 55.3 Å². The van der Waals surface area contributed by atoms with E-state index in [0.29, 0.717) is 13.1 Å². The average Bonchev–Trinajstić information content (AvgIpc) is 2.67. The van der Waals surface area contributed by atoms with Gasteiger partial charge in [-0.2, -0.15) is 17.4 Å². The van der Waals surface area contributed by atoms with Crippen LogP contribution in [0, 0.1) is 0 Å². The van der Waals surface area contributed by atoms with Crippen LogP contribution < -0.4 is 4.72 Å². The number of aliphatic hydroxyl groups is 2. The van der Waals surface area contributed by atoms with Crippen LogP contribution in [0.5, 0.6) is 0 Å². The third-order valence-electron chi connectivity index (χ3n) is 2.16. The Morgan fingerprint density at radius 3 is 2.14 bits per heavy atom. The number of aliphatic hydroxyl groups excluding tert-OH is 2. The van der Waals surface area contributed by atoms with E-state index in [4.69, 9.17) is 10.2 Å². The lowest BCUT2D eigenvalue weighted by Gasteiger charge is -2.19. The highest BCUT2D eigenvalue weighted by Gasteiger charge is 2.27. The van der Waals surface area contributed by atoms with Gasteiger partial charge in [-0.15, -0.1) is 0 Å². The van der Waals surface area contributed by atoms with Gasteiger partial charge in [0.2, 0.25) is 0 Å². The molecule has 7 heteroatoms. The van der Waals surface area contributed by atoms with Gasteiger partial charge in [-0.1, -0.05) is 0 Å². The maximum atomic E-state index is 11.6. The van der Waals surface area contributed by atoms with Crippen molar-refractivity contribution in [3.63, 3.8) is 0 Å². The maximum absolute atomic E-state index is 11.6. The van der Waals surface area contributed by atoms with Crippen LogP contribution in [0.3, 0.4) is 0 Å². The zero-order chi connectivity index (χ0) is 10.6. The first-order valence-electron chi connectivity index (χ1n) is 4.59. The van der Waals surface area contributed by atoms with Gasteiger partial charge < -0.3 is 10.2 Å². The van der Waals surface area contributed by atoms with Crippen LogP contribution in [0.15, 0.2) is 0 Å². The number of nitrogens with one attached hydrogen (secondary N) is 1. The lowest BCUT2D eigenvalue weighted by atomic mass is 10.4. The van der Waals surface area contributed by atoms with Crippen molar-refractivity contribution in [3.05, 3.63) is 0 Å². The Balaban J connectivity index is 2.56. The monoisotopic (exact) mass is 224 g/mol. The van der Waals surface area contributed by atoms with Gasteiger partial charge in [-0.25, -0.2) is 0 Å². The average molecular weight is 224 g/mol. The zero-order valence-electron chi connectivity index (χ0n) is 7.89. The van der Waals surface area contributed by atoms with Crippen molar-refractivity contribution in [3.8, 4) is 0 Å². The van der Waals surface area contributed by atoms with Gasteiger partial charge in [0.25, 0.3) is 10.2 Å². The molecule has 6 nitrogen and oxygen atoms in total. The van der Waals surface area contributed by atoms with Gasteiger partial charge in [0.05, 0.1) is 19.3 Å². The molecule has 1 heterocycles. The topological polar surface area (TPSA) is 89.9 Å². The SMILES string of the molecule is O=S(=O)(NC(CO)CO)N1CCCC1. The molecule has 1 saturated heterocycles. The second-order valence-corrected chi connectivity index (χ2v) is 4.99. The minimum atomic E-state index is -3.52. The van der Waals surface area contributed by atoms with Crippen molar-refractivity contribution in [2.45, 2.75) is 18.9 Å². The predicted molar refractivity (Wildman–Crippen MR) is 50.8 cm³/mol. The summed E-state index contributed by atoms with van der Waals surface area (Å²) in [6.07, 6.45) is 1.73. The van der Waals surface area contributed by atoms with E-state index >= 15 is 0 Å². The highest BCUT2D eigenvalue weighted by atomic mass is 32.2. The molecule has 1 aliphatic rings. The van der Waals surface area contributed by atoms with Crippen molar-refractivity contribution in [1.29, 1.82) is 0 Å². The van der Waals surface area contributed by atoms with Crippen molar-refractivity contribution in [1.82, 2.24) is 9.03 Å². The first-order chi connectivity index (χ1) is 6.60. The van der Waals surface area contributed by atoms with Gasteiger partial charge in [0.1, 0.15) is 0 Å². The Labute approximate surface area is 83.7 Å². The molecule has 0 atom stereocenters. The number of hydrogen-bond donors (Lipinski definition) is 3. The van der Waals surface area contributed by atoms with Crippen LogP contribution >= 0.6 is 0 Å². The summed E-state index contributed by atoms with van der Waals surface area (Å²) in [5.74, 6) is 0. The van der Waals surface area contributed by atoms with Crippen LogP contribution in [-0.2, 0) is 10.2 Å². The maximum Gasteiger partial charge on any atom is 0.279 e. The third-order valence-corrected chi connectivity index (χ3v) is 3.84. The summed E-state index contributed by atoms with van der Waals surface area (Å²) in [7, 11) is -3.52. The molecule has 84 valence electrons. The molecular formula is C7H16N2O4S. The van der Waals surface area contributed by atoms with Gasteiger partial charge in [-0.3, -0.25) is 0 Å². The Morgan fingerprint density at radius 1 is 1.21 bits per heavy atom. The number of hydrogen-bond acceptors (Lipinski definition) is 4. The lowest BCUT2D eigenvalue weighted by Crippen LogP contribution is -2.47. The quantitative estimate of drug-likeness (QED) is 0.517. The Hall–Kier alpha value is -0.210. The summed E-state index contributed by atoms with van der Waals surface area (Å²) in [5, 5.41) is 17.5. The molecule has 0 radical (unpaired) electrons. The molecule has 1 fully saturated rings. The third kappa shape index (κ3) is 2.89. The second-order valence-electron chi connectivity index (χ2n) is 3.29. The van der Waals surface area contributed by atoms with Gasteiger partial charge in [0, 0.05) is 13.1 Å². The smallest absolute Gasteiger partial charge is 0.279 e. The van der Waals surface area contributed by atoms with E-state index in [2.05, 4.69) is 4.72 Å². The molecule has 0 aromatic carbocycles. The Morgan fingerprint density at radius 2 is 1.71 bits per heavy atom. The van der Waals surface area contributed by atoms with Crippen molar-refractivity contribution in [2.75, 3.05) is 26.3 Å². The molecule has 0 amide bonds. The minimum absolute atomic E-state index is 0.399. The summed E-state index contributed by atoms with van der Waals surface area (Å²) >= 11 is 0. The fraction of sp³-hybridized carbons (Fsp3) is 1.00. The largest absolute Gasteiger partial charge is 0.395 e. The fourth-order valence-electron chi connectivity index (χ4n) is 1.35. The summed E-state index contributed by atoms with van der Waals surface area (Å²) in [5.41, 5.74) is 0. The molecule has 0 unspecified atom stereocenters. The molecule has 0 bridgehead atoms. The van der Waals surface area contributed by atoms with Crippen LogP contribution in [0.1, 0.15) is 12.8 Å². The van der Waals surface area contributed by atoms with Crippen molar-refractivity contribution in [2.24, 2.45) is 0 Å². The van der Waals surface area contributed by atoms with E-state index in [0.717, 1.165) is 12.8 Å². The first kappa shape index (κ1) is 11.9. The van der Waals surface area contributed by atoms with Crippen LogP contribution in [0.25, 0.3) is 0 Å². The summed E-state index contributed by atoms with van der Waals surface area (Å²) in [4.78, 5) is 0. The van der Waals surface area contributed by atoms with Crippen molar-refractivity contribution >= 4 is 10.2 Å². The van der Waals surface area contributed by atoms with Gasteiger partial charge in [0.15, 0.2) is 0 Å².